The van der Waals surface area contributed by atoms with Crippen LogP contribution < -0.4 is 14.4 Å². The Hall–Kier alpha value is -3.32. The zero-order chi connectivity index (χ0) is 21.5. The third-order valence-corrected chi connectivity index (χ3v) is 6.12. The molecule has 0 spiro atoms. The molecule has 31 heavy (non-hydrogen) atoms. The Kier molecular flexibility index (Phi) is 6.52. The van der Waals surface area contributed by atoms with E-state index in [4.69, 9.17) is 4.74 Å². The highest BCUT2D eigenvalue weighted by Crippen LogP contribution is 2.25. The largest absolute Gasteiger partial charge is 0.490 e. The monoisotopic (exact) mass is 435 g/mol. The van der Waals surface area contributed by atoms with Gasteiger partial charge in [-0.25, -0.2) is 8.42 Å². The van der Waals surface area contributed by atoms with E-state index in [1.807, 2.05) is 48.5 Å². The predicted molar refractivity (Wildman–Crippen MR) is 125 cm³/mol. The minimum absolute atomic E-state index is 0.0999. The molecule has 4 rings (SSSR count). The molecule has 0 atom stereocenters. The summed E-state index contributed by atoms with van der Waals surface area (Å²) in [5.74, 6) is 0.662. The summed E-state index contributed by atoms with van der Waals surface area (Å²) in [7, 11) is -3.62. The van der Waals surface area contributed by atoms with Gasteiger partial charge in [0.15, 0.2) is 0 Å². The molecule has 2 heterocycles. The fraction of sp³-hybridized carbons (Fsp3) is 0.208. The fourth-order valence-electron chi connectivity index (χ4n) is 3.54. The van der Waals surface area contributed by atoms with Crippen molar-refractivity contribution in [2.75, 3.05) is 22.7 Å². The van der Waals surface area contributed by atoms with Gasteiger partial charge in [-0.15, -0.1) is 0 Å². The Balaban J connectivity index is 1.34. The number of hydrogen-bond acceptors (Lipinski definition) is 5. The lowest BCUT2D eigenvalue weighted by Gasteiger charge is -2.33. The molecule has 1 saturated heterocycles. The number of nitrogens with one attached hydrogen (secondary N) is 1. The molecule has 2 aromatic carbocycles. The number of hydrogen-bond donors (Lipinski definition) is 1. The third kappa shape index (κ3) is 6.08. The van der Waals surface area contributed by atoms with Gasteiger partial charge < -0.3 is 9.64 Å². The van der Waals surface area contributed by atoms with Gasteiger partial charge in [0.25, 0.3) is 10.0 Å². The van der Waals surface area contributed by atoms with E-state index in [-0.39, 0.29) is 6.10 Å². The summed E-state index contributed by atoms with van der Waals surface area (Å²) in [6.07, 6.45) is 7.08. The molecule has 1 fully saturated rings. The van der Waals surface area contributed by atoms with Crippen LogP contribution in [-0.2, 0) is 10.0 Å². The van der Waals surface area contributed by atoms with Crippen LogP contribution in [0.15, 0.2) is 84.5 Å². The van der Waals surface area contributed by atoms with E-state index in [9.17, 15) is 8.42 Å². The molecule has 0 saturated carbocycles. The average molecular weight is 436 g/mol. The SMILES string of the molecule is O=S(=O)(C=Cc1ccccc1)Nc1cccc(OC2CCN(c3ccncc3)CC2)c1. The van der Waals surface area contributed by atoms with Crippen molar-refractivity contribution in [2.24, 2.45) is 0 Å². The first-order valence-electron chi connectivity index (χ1n) is 10.3. The lowest BCUT2D eigenvalue weighted by atomic mass is 10.1. The van der Waals surface area contributed by atoms with Crippen LogP contribution in [0, 0.1) is 0 Å². The number of pyridine rings is 1. The Morgan fingerprint density at radius 2 is 1.71 bits per heavy atom. The summed E-state index contributed by atoms with van der Waals surface area (Å²) < 4.78 is 33.5. The molecule has 1 N–H and O–H groups in total. The minimum atomic E-state index is -3.62. The van der Waals surface area contributed by atoms with Crippen LogP contribution in [0.2, 0.25) is 0 Å². The molecule has 0 radical (unpaired) electrons. The van der Waals surface area contributed by atoms with Crippen LogP contribution in [0.4, 0.5) is 11.4 Å². The molecule has 1 aliphatic rings. The molecular weight excluding hydrogens is 410 g/mol. The summed E-state index contributed by atoms with van der Waals surface area (Å²) in [4.78, 5) is 6.39. The maximum atomic E-state index is 12.4. The summed E-state index contributed by atoms with van der Waals surface area (Å²) in [5, 5.41) is 1.17. The van der Waals surface area contributed by atoms with Crippen molar-refractivity contribution in [2.45, 2.75) is 18.9 Å². The van der Waals surface area contributed by atoms with E-state index in [2.05, 4.69) is 14.6 Å². The Morgan fingerprint density at radius 3 is 2.45 bits per heavy atom. The van der Waals surface area contributed by atoms with E-state index in [1.165, 1.54) is 11.1 Å². The molecular formula is C24H25N3O3S. The van der Waals surface area contributed by atoms with E-state index in [0.29, 0.717) is 11.4 Å². The number of benzene rings is 2. The molecule has 7 heteroatoms. The zero-order valence-electron chi connectivity index (χ0n) is 17.1. The van der Waals surface area contributed by atoms with Crippen LogP contribution in [0.5, 0.6) is 5.75 Å². The molecule has 3 aromatic rings. The van der Waals surface area contributed by atoms with Crippen LogP contribution in [0.1, 0.15) is 18.4 Å². The lowest BCUT2D eigenvalue weighted by molar-refractivity contribution is 0.171. The molecule has 6 nitrogen and oxygen atoms in total. The smallest absolute Gasteiger partial charge is 0.255 e. The highest BCUT2D eigenvalue weighted by Gasteiger charge is 2.21. The van der Waals surface area contributed by atoms with Crippen molar-refractivity contribution >= 4 is 27.5 Å². The Labute approximate surface area is 183 Å². The van der Waals surface area contributed by atoms with Crippen LogP contribution in [0.25, 0.3) is 6.08 Å². The number of nitrogens with zero attached hydrogens (tertiary/aromatic N) is 2. The molecule has 0 amide bonds. The highest BCUT2D eigenvalue weighted by molar-refractivity contribution is 7.95. The second-order valence-electron chi connectivity index (χ2n) is 7.40. The number of aromatic nitrogens is 1. The number of ether oxygens (including phenoxy) is 1. The van der Waals surface area contributed by atoms with E-state index < -0.39 is 10.0 Å². The van der Waals surface area contributed by atoms with Gasteiger partial charge in [0.05, 0.1) is 11.1 Å². The second kappa shape index (κ2) is 9.66. The van der Waals surface area contributed by atoms with Crippen LogP contribution in [-0.4, -0.2) is 32.6 Å². The quantitative estimate of drug-likeness (QED) is 0.590. The van der Waals surface area contributed by atoms with Gasteiger partial charge in [-0.3, -0.25) is 9.71 Å². The van der Waals surface area contributed by atoms with E-state index >= 15 is 0 Å². The van der Waals surface area contributed by atoms with Gasteiger partial charge >= 0.3 is 0 Å². The van der Waals surface area contributed by atoms with Gasteiger partial charge in [0.2, 0.25) is 0 Å². The normalized spacial score (nSPS) is 15.2. The summed E-state index contributed by atoms with van der Waals surface area (Å²) in [6, 6.07) is 20.4. The van der Waals surface area contributed by atoms with Crippen molar-refractivity contribution in [1.29, 1.82) is 0 Å². The van der Waals surface area contributed by atoms with Crippen LogP contribution in [0.3, 0.4) is 0 Å². The van der Waals surface area contributed by atoms with Gasteiger partial charge in [-0.2, -0.15) is 0 Å². The molecule has 160 valence electrons. The van der Waals surface area contributed by atoms with E-state index in [1.54, 1.807) is 36.7 Å². The molecule has 1 aliphatic heterocycles. The van der Waals surface area contributed by atoms with Crippen molar-refractivity contribution in [3.8, 4) is 5.75 Å². The second-order valence-corrected chi connectivity index (χ2v) is 8.96. The first-order chi connectivity index (χ1) is 15.1. The summed E-state index contributed by atoms with van der Waals surface area (Å²) in [6.45, 7) is 1.82. The maximum absolute atomic E-state index is 12.4. The van der Waals surface area contributed by atoms with Crippen LogP contribution >= 0.6 is 0 Å². The summed E-state index contributed by atoms with van der Waals surface area (Å²) in [5.41, 5.74) is 2.47. The van der Waals surface area contributed by atoms with Crippen molar-refractivity contribution in [1.82, 2.24) is 4.98 Å². The number of anilines is 2. The maximum Gasteiger partial charge on any atom is 0.255 e. The lowest BCUT2D eigenvalue weighted by Crippen LogP contribution is -2.38. The number of piperidine rings is 1. The molecule has 1 aromatic heterocycles. The fourth-order valence-corrected chi connectivity index (χ4v) is 4.40. The van der Waals surface area contributed by atoms with Crippen molar-refractivity contribution < 1.29 is 13.2 Å². The summed E-state index contributed by atoms with van der Waals surface area (Å²) >= 11 is 0. The van der Waals surface area contributed by atoms with Gasteiger partial charge in [0, 0.05) is 50.1 Å². The first-order valence-corrected chi connectivity index (χ1v) is 11.8. The molecule has 0 aliphatic carbocycles. The van der Waals surface area contributed by atoms with Crippen molar-refractivity contribution in [3.05, 3.63) is 90.1 Å². The highest BCUT2D eigenvalue weighted by atomic mass is 32.2. The molecule has 0 unspecified atom stereocenters. The Bertz CT molecular complexity index is 1110. The number of sulfonamides is 1. The molecule has 0 bridgehead atoms. The standard InChI is InChI=1S/C24H25N3O3S/c28-31(29,18-13-20-5-2-1-3-6-20)26-21-7-4-8-24(19-21)30-23-11-16-27(17-12-23)22-9-14-25-15-10-22/h1-10,13-15,18-19,23,26H,11-12,16-17H2. The van der Waals surface area contributed by atoms with Crippen molar-refractivity contribution in [3.63, 3.8) is 0 Å². The topological polar surface area (TPSA) is 71.5 Å². The van der Waals surface area contributed by atoms with E-state index in [0.717, 1.165) is 31.5 Å². The predicted octanol–water partition coefficient (Wildman–Crippen LogP) is 4.54. The minimum Gasteiger partial charge on any atom is -0.490 e. The average Bonchev–Trinajstić information content (AvgIpc) is 2.80. The third-order valence-electron chi connectivity index (χ3n) is 5.11. The number of rotatable bonds is 7. The zero-order valence-corrected chi connectivity index (χ0v) is 17.9. The van der Waals surface area contributed by atoms with Gasteiger partial charge in [-0.1, -0.05) is 36.4 Å². The van der Waals surface area contributed by atoms with Gasteiger partial charge in [0.1, 0.15) is 11.9 Å². The van der Waals surface area contributed by atoms with Gasteiger partial charge in [-0.05, 0) is 35.9 Å². The Morgan fingerprint density at radius 1 is 0.968 bits per heavy atom. The first kappa shape index (κ1) is 20.9.